The Labute approximate surface area is 107 Å². The van der Waals surface area contributed by atoms with Gasteiger partial charge in [0.25, 0.3) is 0 Å². The molecule has 1 atom stereocenters. The zero-order chi connectivity index (χ0) is 12.5. The van der Waals surface area contributed by atoms with Crippen LogP contribution >= 0.6 is 11.6 Å². The van der Waals surface area contributed by atoms with Crippen LogP contribution in [-0.2, 0) is 6.42 Å². The molecule has 1 aromatic rings. The second-order valence-electron chi connectivity index (χ2n) is 5.20. The van der Waals surface area contributed by atoms with Gasteiger partial charge in [0.15, 0.2) is 0 Å². The molecule has 1 N–H and O–H groups in total. The van der Waals surface area contributed by atoms with E-state index in [1.54, 1.807) is 6.07 Å². The van der Waals surface area contributed by atoms with Crippen LogP contribution in [0.25, 0.3) is 0 Å². The molecule has 0 heterocycles. The number of nitrogens with one attached hydrogen (secondary N) is 1. The lowest BCUT2D eigenvalue weighted by Crippen LogP contribution is -2.38. The van der Waals surface area contributed by atoms with E-state index in [2.05, 4.69) is 19.2 Å². The molecular weight excluding hydrogens is 237 g/mol. The van der Waals surface area contributed by atoms with Gasteiger partial charge in [-0.3, -0.25) is 0 Å². The molecule has 2 rings (SSSR count). The minimum Gasteiger partial charge on any atom is -0.313 e. The van der Waals surface area contributed by atoms with Crippen molar-refractivity contribution in [2.45, 2.75) is 39.2 Å². The third-order valence-electron chi connectivity index (χ3n) is 3.77. The Morgan fingerprint density at radius 2 is 2.18 bits per heavy atom. The maximum atomic E-state index is 13.0. The van der Waals surface area contributed by atoms with Crippen molar-refractivity contribution in [1.82, 2.24) is 5.32 Å². The van der Waals surface area contributed by atoms with E-state index in [1.807, 2.05) is 0 Å². The highest BCUT2D eigenvalue weighted by atomic mass is 35.5. The zero-order valence-corrected chi connectivity index (χ0v) is 11.1. The number of hydrogen-bond donors (Lipinski definition) is 1. The summed E-state index contributed by atoms with van der Waals surface area (Å²) in [5.41, 5.74) is 1.43. The molecule has 1 aliphatic carbocycles. The van der Waals surface area contributed by atoms with E-state index < -0.39 is 0 Å². The molecule has 3 heteroatoms. The molecule has 1 aliphatic rings. The highest BCUT2D eigenvalue weighted by Gasteiger charge is 2.44. The Morgan fingerprint density at radius 3 is 2.71 bits per heavy atom. The topological polar surface area (TPSA) is 12.0 Å². The maximum absolute atomic E-state index is 13.0. The Hall–Kier alpha value is -0.600. The lowest BCUT2D eigenvalue weighted by molar-refractivity contribution is 0.360. The second-order valence-corrected chi connectivity index (χ2v) is 5.61. The van der Waals surface area contributed by atoms with Crippen molar-refractivity contribution in [3.63, 3.8) is 0 Å². The first-order valence-electron chi connectivity index (χ1n) is 6.22. The maximum Gasteiger partial charge on any atom is 0.124 e. The molecule has 0 saturated heterocycles. The average molecular weight is 256 g/mol. The summed E-state index contributed by atoms with van der Waals surface area (Å²) in [6, 6.07) is 5.12. The molecule has 0 aliphatic heterocycles. The van der Waals surface area contributed by atoms with Gasteiger partial charge in [0.05, 0.1) is 0 Å². The van der Waals surface area contributed by atoms with Gasteiger partial charge < -0.3 is 5.32 Å². The number of rotatable bonds is 5. The highest BCUT2D eigenvalue weighted by Crippen LogP contribution is 2.49. The largest absolute Gasteiger partial charge is 0.313 e. The van der Waals surface area contributed by atoms with Gasteiger partial charge in [0.2, 0.25) is 0 Å². The Kier molecular flexibility index (Phi) is 3.74. The smallest absolute Gasteiger partial charge is 0.124 e. The van der Waals surface area contributed by atoms with Crippen molar-refractivity contribution in [1.29, 1.82) is 0 Å². The van der Waals surface area contributed by atoms with Crippen LogP contribution in [0.1, 0.15) is 32.3 Å². The second kappa shape index (κ2) is 4.95. The minimum atomic E-state index is -0.267. The molecule has 94 valence electrons. The van der Waals surface area contributed by atoms with E-state index in [4.69, 9.17) is 11.6 Å². The first kappa shape index (κ1) is 12.8. The summed E-state index contributed by atoms with van der Waals surface area (Å²) in [4.78, 5) is 0. The van der Waals surface area contributed by atoms with Gasteiger partial charge in [-0.2, -0.15) is 0 Å². The van der Waals surface area contributed by atoms with E-state index in [9.17, 15) is 4.39 Å². The van der Waals surface area contributed by atoms with E-state index in [-0.39, 0.29) is 5.82 Å². The fourth-order valence-electron chi connectivity index (χ4n) is 2.26. The third kappa shape index (κ3) is 2.99. The average Bonchev–Trinajstić information content (AvgIpc) is 3.01. The van der Waals surface area contributed by atoms with E-state index in [1.165, 1.54) is 25.0 Å². The molecule has 17 heavy (non-hydrogen) atoms. The fraction of sp³-hybridized carbons (Fsp3) is 0.571. The molecule has 1 saturated carbocycles. The van der Waals surface area contributed by atoms with Crippen LogP contribution in [0.5, 0.6) is 0 Å². The van der Waals surface area contributed by atoms with Crippen molar-refractivity contribution in [2.24, 2.45) is 5.41 Å². The van der Waals surface area contributed by atoms with Crippen molar-refractivity contribution in [3.05, 3.63) is 34.6 Å². The fourth-order valence-corrected chi connectivity index (χ4v) is 2.51. The SMILES string of the molecule is CCNC(Cc1ccc(F)cc1Cl)C1(C)CC1. The quantitative estimate of drug-likeness (QED) is 0.844. The molecule has 0 radical (unpaired) electrons. The van der Waals surface area contributed by atoms with E-state index in [0.717, 1.165) is 18.5 Å². The van der Waals surface area contributed by atoms with Crippen LogP contribution < -0.4 is 5.32 Å². The number of halogens is 2. The monoisotopic (exact) mass is 255 g/mol. The number of benzene rings is 1. The first-order valence-corrected chi connectivity index (χ1v) is 6.60. The third-order valence-corrected chi connectivity index (χ3v) is 4.12. The van der Waals surface area contributed by atoms with Gasteiger partial charge in [-0.25, -0.2) is 4.39 Å². The predicted molar refractivity (Wildman–Crippen MR) is 69.9 cm³/mol. The molecule has 0 spiro atoms. The summed E-state index contributed by atoms with van der Waals surface area (Å²) in [7, 11) is 0. The molecule has 0 bridgehead atoms. The standard InChI is InChI=1S/C14H19ClFN/c1-3-17-13(14(2)6-7-14)8-10-4-5-11(16)9-12(10)15/h4-5,9,13,17H,3,6-8H2,1-2H3. The van der Waals surface area contributed by atoms with Crippen molar-refractivity contribution < 1.29 is 4.39 Å². The van der Waals surface area contributed by atoms with Crippen LogP contribution in [0.2, 0.25) is 5.02 Å². The highest BCUT2D eigenvalue weighted by molar-refractivity contribution is 6.31. The summed E-state index contributed by atoms with van der Waals surface area (Å²) in [6.07, 6.45) is 3.41. The first-order chi connectivity index (χ1) is 8.05. The molecule has 0 amide bonds. The summed E-state index contributed by atoms with van der Waals surface area (Å²) < 4.78 is 13.0. The molecule has 1 unspecified atom stereocenters. The Bertz CT molecular complexity index is 401. The van der Waals surface area contributed by atoms with Gasteiger partial charge in [-0.1, -0.05) is 31.5 Å². The number of likely N-dealkylation sites (N-methyl/N-ethyl adjacent to an activating group) is 1. The zero-order valence-electron chi connectivity index (χ0n) is 10.4. The predicted octanol–water partition coefficient (Wildman–Crippen LogP) is 3.80. The van der Waals surface area contributed by atoms with Gasteiger partial charge in [-0.05, 0) is 48.9 Å². The van der Waals surface area contributed by atoms with Crippen LogP contribution in [0, 0.1) is 11.2 Å². The summed E-state index contributed by atoms with van der Waals surface area (Å²) >= 11 is 6.08. The lowest BCUT2D eigenvalue weighted by atomic mass is 9.92. The van der Waals surface area contributed by atoms with Crippen molar-refractivity contribution in [2.75, 3.05) is 6.54 Å². The Balaban J connectivity index is 2.11. The van der Waals surface area contributed by atoms with Gasteiger partial charge in [-0.15, -0.1) is 0 Å². The molecule has 1 fully saturated rings. The van der Waals surface area contributed by atoms with Crippen LogP contribution in [0.15, 0.2) is 18.2 Å². The van der Waals surface area contributed by atoms with E-state index in [0.29, 0.717) is 16.5 Å². The molecule has 0 aromatic heterocycles. The van der Waals surface area contributed by atoms with E-state index >= 15 is 0 Å². The van der Waals surface area contributed by atoms with Crippen molar-refractivity contribution >= 4 is 11.6 Å². The number of hydrogen-bond acceptors (Lipinski definition) is 1. The molecular formula is C14H19ClFN. The van der Waals surface area contributed by atoms with Crippen molar-refractivity contribution in [3.8, 4) is 0 Å². The van der Waals surface area contributed by atoms with Crippen LogP contribution in [0.3, 0.4) is 0 Å². The van der Waals surface area contributed by atoms with Gasteiger partial charge in [0, 0.05) is 11.1 Å². The molecule has 1 aromatic carbocycles. The summed E-state index contributed by atoms with van der Waals surface area (Å²) in [6.45, 7) is 5.38. The minimum absolute atomic E-state index is 0.267. The van der Waals surface area contributed by atoms with Crippen LogP contribution in [-0.4, -0.2) is 12.6 Å². The normalized spacial score (nSPS) is 19.1. The van der Waals surface area contributed by atoms with Gasteiger partial charge in [0.1, 0.15) is 5.82 Å². The summed E-state index contributed by atoms with van der Waals surface area (Å²) in [5.74, 6) is -0.267. The van der Waals surface area contributed by atoms with Crippen LogP contribution in [0.4, 0.5) is 4.39 Å². The Morgan fingerprint density at radius 1 is 1.47 bits per heavy atom. The molecule has 1 nitrogen and oxygen atoms in total. The van der Waals surface area contributed by atoms with Gasteiger partial charge >= 0.3 is 0 Å². The summed E-state index contributed by atoms with van der Waals surface area (Å²) in [5, 5.41) is 4.06. The lowest BCUT2D eigenvalue weighted by Gasteiger charge is -2.25.